The van der Waals surface area contributed by atoms with Gasteiger partial charge in [0.2, 0.25) is 5.79 Å². The highest BCUT2D eigenvalue weighted by atomic mass is 16.7. The maximum absolute atomic E-state index is 10.8. The summed E-state index contributed by atoms with van der Waals surface area (Å²) < 4.78 is 22.3. The van der Waals surface area contributed by atoms with Crippen molar-refractivity contribution in [3.8, 4) is 0 Å². The van der Waals surface area contributed by atoms with Crippen molar-refractivity contribution >= 4 is 0 Å². The number of ether oxygens (including phenoxy) is 4. The Morgan fingerprint density at radius 2 is 1.61 bits per heavy atom. The van der Waals surface area contributed by atoms with Crippen LogP contribution in [0.3, 0.4) is 0 Å². The predicted octanol–water partition coefficient (Wildman–Crippen LogP) is 2.35. The molecule has 0 bridgehead atoms. The molecular formula is C18H26O5. The zero-order chi connectivity index (χ0) is 17.0. The number of aliphatic hydroxyl groups is 1. The Morgan fingerprint density at radius 3 is 2.09 bits per heavy atom. The van der Waals surface area contributed by atoms with Crippen molar-refractivity contribution in [2.45, 2.75) is 25.2 Å². The lowest BCUT2D eigenvalue weighted by Gasteiger charge is -2.46. The lowest BCUT2D eigenvalue weighted by Crippen LogP contribution is -2.54. The Morgan fingerprint density at radius 1 is 1.00 bits per heavy atom. The van der Waals surface area contributed by atoms with Crippen molar-refractivity contribution < 1.29 is 24.1 Å². The molecule has 2 rings (SSSR count). The Balaban J connectivity index is 2.47. The molecular weight excluding hydrogens is 296 g/mol. The minimum atomic E-state index is -1.08. The Kier molecular flexibility index (Phi) is 5.68. The van der Waals surface area contributed by atoms with E-state index in [1.54, 1.807) is 14.2 Å². The molecule has 3 unspecified atom stereocenters. The lowest BCUT2D eigenvalue weighted by atomic mass is 9.73. The van der Waals surface area contributed by atoms with E-state index in [1.165, 1.54) is 14.2 Å². The molecule has 1 N–H and O–H groups in total. The van der Waals surface area contributed by atoms with Crippen LogP contribution in [0.4, 0.5) is 0 Å². The summed E-state index contributed by atoms with van der Waals surface area (Å²) in [6, 6.07) is 10.0. The molecule has 0 radical (unpaired) electrons. The van der Waals surface area contributed by atoms with Crippen molar-refractivity contribution in [3.05, 3.63) is 47.4 Å². The summed E-state index contributed by atoms with van der Waals surface area (Å²) in [5.74, 6) is -0.615. The van der Waals surface area contributed by atoms with Gasteiger partial charge < -0.3 is 24.1 Å². The van der Waals surface area contributed by atoms with E-state index in [4.69, 9.17) is 18.9 Å². The molecule has 1 aliphatic rings. The average molecular weight is 322 g/mol. The molecule has 0 aromatic heterocycles. The number of hydrogen-bond acceptors (Lipinski definition) is 5. The molecule has 0 amide bonds. The zero-order valence-electron chi connectivity index (χ0n) is 14.4. The van der Waals surface area contributed by atoms with Crippen LogP contribution >= 0.6 is 0 Å². The number of methoxy groups -OCH3 is 4. The number of rotatable bonds is 6. The van der Waals surface area contributed by atoms with E-state index in [2.05, 4.69) is 0 Å². The molecule has 1 aliphatic carbocycles. The second kappa shape index (κ2) is 7.34. The van der Waals surface area contributed by atoms with Gasteiger partial charge in [-0.3, -0.25) is 0 Å². The van der Waals surface area contributed by atoms with E-state index in [-0.39, 0.29) is 11.8 Å². The minimum Gasteiger partial charge on any atom is -0.495 e. The maximum atomic E-state index is 10.8. The first-order chi connectivity index (χ1) is 11.1. The fourth-order valence-electron chi connectivity index (χ4n) is 3.53. The van der Waals surface area contributed by atoms with Gasteiger partial charge in [-0.05, 0) is 12.0 Å². The smallest absolute Gasteiger partial charge is 0.233 e. The highest BCUT2D eigenvalue weighted by Crippen LogP contribution is 2.46. The first-order valence-electron chi connectivity index (χ1n) is 7.70. The van der Waals surface area contributed by atoms with Gasteiger partial charge in [-0.25, -0.2) is 0 Å². The molecule has 0 spiro atoms. The van der Waals surface area contributed by atoms with Gasteiger partial charge in [0.05, 0.1) is 14.2 Å². The highest BCUT2D eigenvalue weighted by molar-refractivity contribution is 5.25. The summed E-state index contributed by atoms with van der Waals surface area (Å²) in [7, 11) is 6.19. The van der Waals surface area contributed by atoms with Crippen molar-refractivity contribution in [2.75, 3.05) is 28.4 Å². The first kappa shape index (κ1) is 17.8. The van der Waals surface area contributed by atoms with E-state index < -0.39 is 11.9 Å². The van der Waals surface area contributed by atoms with Crippen LogP contribution < -0.4 is 0 Å². The second-order valence-electron chi connectivity index (χ2n) is 5.76. The molecule has 0 fully saturated rings. The fraction of sp³-hybridized carbons (Fsp3) is 0.556. The molecule has 5 heteroatoms. The van der Waals surface area contributed by atoms with Crippen LogP contribution in [-0.2, 0) is 25.4 Å². The van der Waals surface area contributed by atoms with Crippen LogP contribution in [0, 0.1) is 11.8 Å². The molecule has 1 aromatic carbocycles. The third-order valence-electron chi connectivity index (χ3n) is 4.80. The predicted molar refractivity (Wildman–Crippen MR) is 86.6 cm³/mol. The van der Waals surface area contributed by atoms with Crippen LogP contribution in [0.5, 0.6) is 0 Å². The van der Waals surface area contributed by atoms with Gasteiger partial charge in [-0.15, -0.1) is 0 Å². The van der Waals surface area contributed by atoms with Gasteiger partial charge >= 0.3 is 0 Å². The van der Waals surface area contributed by atoms with E-state index >= 15 is 0 Å². The molecule has 128 valence electrons. The van der Waals surface area contributed by atoms with Crippen molar-refractivity contribution in [1.29, 1.82) is 0 Å². The summed E-state index contributed by atoms with van der Waals surface area (Å²) in [5.41, 5.74) is 1.14. The van der Waals surface area contributed by atoms with Gasteiger partial charge in [0.25, 0.3) is 0 Å². The summed E-state index contributed by atoms with van der Waals surface area (Å²) in [5, 5.41) is 10.8. The van der Waals surface area contributed by atoms with Gasteiger partial charge in [-0.1, -0.05) is 37.3 Å². The van der Waals surface area contributed by atoms with Crippen LogP contribution in [0.2, 0.25) is 0 Å². The molecule has 0 saturated heterocycles. The van der Waals surface area contributed by atoms with E-state index in [9.17, 15) is 5.11 Å². The molecule has 23 heavy (non-hydrogen) atoms. The topological polar surface area (TPSA) is 57.2 Å². The Bertz CT molecular complexity index is 536. The quantitative estimate of drug-likeness (QED) is 0.815. The average Bonchev–Trinajstić information content (AvgIpc) is 2.59. The van der Waals surface area contributed by atoms with Gasteiger partial charge in [-0.2, -0.15) is 0 Å². The Hall–Kier alpha value is -1.56. The summed E-state index contributed by atoms with van der Waals surface area (Å²) >= 11 is 0. The summed E-state index contributed by atoms with van der Waals surface area (Å²) in [4.78, 5) is 0. The molecule has 5 nitrogen and oxygen atoms in total. The van der Waals surface area contributed by atoms with Gasteiger partial charge in [0, 0.05) is 26.1 Å². The van der Waals surface area contributed by atoms with Crippen LogP contribution in [0.1, 0.15) is 12.5 Å². The number of benzene rings is 1. The molecule has 1 aromatic rings. The fourth-order valence-corrected chi connectivity index (χ4v) is 3.53. The van der Waals surface area contributed by atoms with Gasteiger partial charge in [0.1, 0.15) is 6.10 Å². The second-order valence-corrected chi connectivity index (χ2v) is 5.76. The van der Waals surface area contributed by atoms with Crippen LogP contribution in [0.15, 0.2) is 41.9 Å². The van der Waals surface area contributed by atoms with Crippen molar-refractivity contribution in [3.63, 3.8) is 0 Å². The SMILES string of the molecule is COC1=C(OC)C(OC)(OC)C(C)C(Cc2ccccc2)C1O. The number of aliphatic hydroxyl groups excluding tert-OH is 1. The van der Waals surface area contributed by atoms with Crippen LogP contribution in [-0.4, -0.2) is 45.4 Å². The molecule has 0 aliphatic heterocycles. The van der Waals surface area contributed by atoms with Gasteiger partial charge in [0.15, 0.2) is 11.5 Å². The maximum Gasteiger partial charge on any atom is 0.233 e. The molecule has 0 heterocycles. The summed E-state index contributed by atoms with van der Waals surface area (Å²) in [6.45, 7) is 2.00. The van der Waals surface area contributed by atoms with Crippen molar-refractivity contribution in [1.82, 2.24) is 0 Å². The molecule has 0 saturated carbocycles. The van der Waals surface area contributed by atoms with Crippen molar-refractivity contribution in [2.24, 2.45) is 11.8 Å². The zero-order valence-corrected chi connectivity index (χ0v) is 14.4. The Labute approximate surface area is 137 Å². The highest BCUT2D eigenvalue weighted by Gasteiger charge is 2.55. The molecule has 3 atom stereocenters. The third-order valence-corrected chi connectivity index (χ3v) is 4.80. The largest absolute Gasteiger partial charge is 0.495 e. The first-order valence-corrected chi connectivity index (χ1v) is 7.70. The minimum absolute atomic E-state index is 0.133. The summed E-state index contributed by atoms with van der Waals surface area (Å²) in [6.07, 6.45) is -0.106. The van der Waals surface area contributed by atoms with E-state index in [0.717, 1.165) is 5.56 Å². The van der Waals surface area contributed by atoms with E-state index in [1.807, 2.05) is 37.3 Å². The lowest BCUT2D eigenvalue weighted by molar-refractivity contribution is -0.256. The van der Waals surface area contributed by atoms with Crippen LogP contribution in [0.25, 0.3) is 0 Å². The normalized spacial score (nSPS) is 27.0. The standard InChI is InChI=1S/C18H26O5/c1-12-14(11-13-9-7-6-8-10-13)15(19)16(20-2)17(21-3)18(12,22-4)23-5/h6-10,12,14-15,19H,11H2,1-5H3. The third kappa shape index (κ3) is 2.96. The number of hydrogen-bond donors (Lipinski definition) is 1. The van der Waals surface area contributed by atoms with E-state index in [0.29, 0.717) is 17.9 Å². The monoisotopic (exact) mass is 322 g/mol.